The number of rotatable bonds is 8. The average molecular weight is 631 g/mol. The van der Waals surface area contributed by atoms with Crippen LogP contribution in [0.15, 0.2) is 53.6 Å². The van der Waals surface area contributed by atoms with Gasteiger partial charge in [-0.05, 0) is 55.3 Å². The van der Waals surface area contributed by atoms with Crippen molar-refractivity contribution in [1.82, 2.24) is 25.1 Å². The first-order valence-corrected chi connectivity index (χ1v) is 15.1. The van der Waals surface area contributed by atoms with Gasteiger partial charge >= 0.3 is 0 Å². The highest BCUT2D eigenvalue weighted by atomic mass is 35.5. The number of aromatic amines is 1. The van der Waals surface area contributed by atoms with Crippen molar-refractivity contribution < 1.29 is 13.5 Å². The fraction of sp³-hybridized carbons (Fsp3) is 0.385. The molecule has 15 nitrogen and oxygen atoms in total. The summed E-state index contributed by atoms with van der Waals surface area (Å²) in [5, 5.41) is 20.8. The van der Waals surface area contributed by atoms with E-state index >= 15 is 0 Å². The monoisotopic (exact) mass is 630 g/mol. The fourth-order valence-corrected chi connectivity index (χ4v) is 6.50. The van der Waals surface area contributed by atoms with Crippen LogP contribution < -0.4 is 37.0 Å². The molecule has 2 saturated heterocycles. The normalized spacial score (nSPS) is 22.4. The van der Waals surface area contributed by atoms with Crippen LogP contribution in [0.2, 0.25) is 0 Å². The van der Waals surface area contributed by atoms with E-state index in [1.165, 1.54) is 12.1 Å². The Hall–Kier alpha value is -3.80. The van der Waals surface area contributed by atoms with E-state index in [4.69, 9.17) is 22.2 Å². The Bertz CT molecular complexity index is 1660. The van der Waals surface area contributed by atoms with E-state index in [0.717, 1.165) is 10.9 Å². The Morgan fingerprint density at radius 1 is 0.907 bits per heavy atom. The van der Waals surface area contributed by atoms with Crippen LogP contribution in [0.3, 0.4) is 0 Å². The topological polar surface area (TPSA) is 230 Å². The van der Waals surface area contributed by atoms with Crippen LogP contribution in [0.1, 0.15) is 12.8 Å². The Kier molecular flexibility index (Phi) is 8.86. The number of fused-ring (bicyclic) bond motifs is 1. The number of H-pyrrole nitrogens is 1. The molecule has 10 N–H and O–H groups in total. The van der Waals surface area contributed by atoms with Crippen molar-refractivity contribution in [3.05, 3.63) is 48.7 Å². The average Bonchev–Trinajstić information content (AvgIpc) is 3.58. The number of nitrogens with zero attached hydrogens (tertiary/aromatic N) is 6. The molecule has 4 heterocycles. The summed E-state index contributed by atoms with van der Waals surface area (Å²) in [7, 11) is -3.84. The van der Waals surface area contributed by atoms with Crippen LogP contribution in [0.25, 0.3) is 10.9 Å². The third-order valence-electron chi connectivity index (χ3n) is 7.44. The van der Waals surface area contributed by atoms with Crippen molar-refractivity contribution in [2.24, 2.45) is 17.2 Å². The maximum absolute atomic E-state index is 13.0. The van der Waals surface area contributed by atoms with E-state index in [0.29, 0.717) is 55.7 Å². The molecule has 17 heteroatoms. The van der Waals surface area contributed by atoms with Gasteiger partial charge < -0.3 is 37.4 Å². The van der Waals surface area contributed by atoms with Crippen LogP contribution in [-0.4, -0.2) is 89.1 Å². The number of anilines is 5. The quantitative estimate of drug-likeness (QED) is 0.141. The van der Waals surface area contributed by atoms with Gasteiger partial charge in [-0.3, -0.25) is 9.82 Å². The molecule has 2 aliphatic heterocycles. The van der Waals surface area contributed by atoms with Gasteiger partial charge in [0.2, 0.25) is 17.8 Å². The third-order valence-corrected chi connectivity index (χ3v) is 8.84. The Labute approximate surface area is 254 Å². The van der Waals surface area contributed by atoms with Crippen LogP contribution in [-0.2, 0) is 10.0 Å². The number of piperidine rings is 1. The number of nitrogens with two attached hydrogens (primary N) is 3. The lowest BCUT2D eigenvalue weighted by molar-refractivity contribution is 0.264. The molecule has 2 aromatic heterocycles. The van der Waals surface area contributed by atoms with Crippen LogP contribution in [0.5, 0.6) is 0 Å². The number of hydrogen-bond acceptors (Lipinski definition) is 13. The third kappa shape index (κ3) is 6.74. The summed E-state index contributed by atoms with van der Waals surface area (Å²) >= 11 is 0. The van der Waals surface area contributed by atoms with Gasteiger partial charge in [0.25, 0.3) is 10.0 Å². The molecule has 0 aliphatic carbocycles. The van der Waals surface area contributed by atoms with Crippen LogP contribution in [0, 0.1) is 0 Å². The molecule has 0 unspecified atom stereocenters. The smallest absolute Gasteiger partial charge is 0.261 e. The van der Waals surface area contributed by atoms with Crippen molar-refractivity contribution in [3.63, 3.8) is 0 Å². The molecule has 2 aliphatic rings. The van der Waals surface area contributed by atoms with Crippen molar-refractivity contribution in [3.8, 4) is 0 Å². The molecule has 4 aromatic rings. The largest absolute Gasteiger partial charge is 0.394 e. The standard InChI is InChI=1S/C26H34N12O3S.ClH/c27-16-7-17(28)12-37(11-16)25-32-24(33-26(34-25)38-13-18(29)8-21(38)14-39)31-19-3-5-22(6-4-19)42(40,41)36-20-2-1-15-10-30-35-23(15)9-20;/h1-6,9-10,16-18,21,36,39H,7-8,11-14,27-29H2,(H,30,35)(H,31,32,33,34);1H/t16-,17+,18-,21-;/m0./s1. The molecule has 43 heavy (non-hydrogen) atoms. The number of nitrogens with one attached hydrogen (secondary N) is 3. The summed E-state index contributed by atoms with van der Waals surface area (Å²) in [5.41, 5.74) is 20.3. The minimum atomic E-state index is -3.84. The lowest BCUT2D eigenvalue weighted by atomic mass is 10.0. The van der Waals surface area contributed by atoms with Gasteiger partial charge in [-0.2, -0.15) is 20.1 Å². The molecule has 0 spiro atoms. The van der Waals surface area contributed by atoms with Gasteiger partial charge in [0.15, 0.2) is 0 Å². The molecule has 0 amide bonds. The zero-order valence-electron chi connectivity index (χ0n) is 23.2. The number of halogens is 1. The Morgan fingerprint density at radius 3 is 2.30 bits per heavy atom. The van der Waals surface area contributed by atoms with Crippen molar-refractivity contribution in [1.29, 1.82) is 0 Å². The van der Waals surface area contributed by atoms with E-state index < -0.39 is 10.0 Å². The predicted molar refractivity (Wildman–Crippen MR) is 167 cm³/mol. The number of sulfonamides is 1. The second-order valence-electron chi connectivity index (χ2n) is 10.8. The molecule has 6 rings (SSSR count). The second kappa shape index (κ2) is 12.4. The van der Waals surface area contributed by atoms with Crippen LogP contribution in [0.4, 0.5) is 29.2 Å². The first kappa shape index (κ1) is 30.7. The zero-order chi connectivity index (χ0) is 29.4. The summed E-state index contributed by atoms with van der Waals surface area (Å²) in [4.78, 5) is 17.9. The highest BCUT2D eigenvalue weighted by Gasteiger charge is 2.33. The number of aliphatic hydroxyl groups excluding tert-OH is 1. The minimum Gasteiger partial charge on any atom is -0.394 e. The molecule has 0 bridgehead atoms. The first-order chi connectivity index (χ1) is 20.2. The lowest BCUT2D eigenvalue weighted by Crippen LogP contribution is -2.53. The zero-order valence-corrected chi connectivity index (χ0v) is 24.8. The van der Waals surface area contributed by atoms with Crippen molar-refractivity contribution >= 4 is 62.6 Å². The molecule has 0 radical (unpaired) electrons. The van der Waals surface area contributed by atoms with Gasteiger partial charge in [-0.25, -0.2) is 8.42 Å². The van der Waals surface area contributed by atoms with Gasteiger partial charge in [0, 0.05) is 48.8 Å². The SMILES string of the molecule is Cl.N[C@@H]1C[C@H](N)CN(c2nc(Nc3ccc(S(=O)(=O)Nc4ccc5cn[nH]c5c4)cc3)nc(N3C[C@@H](N)C[C@H]3CO)n2)C1. The molecule has 230 valence electrons. The predicted octanol–water partition coefficient (Wildman–Crippen LogP) is 0.477. The van der Waals surface area contributed by atoms with Gasteiger partial charge in [-0.1, -0.05) is 0 Å². The molecule has 2 fully saturated rings. The Balaban J connectivity index is 0.00000368. The van der Waals surface area contributed by atoms with Gasteiger partial charge in [0.05, 0.1) is 34.9 Å². The molecule has 4 atom stereocenters. The molecule has 0 saturated carbocycles. The van der Waals surface area contributed by atoms with Crippen molar-refractivity contribution in [2.75, 3.05) is 46.1 Å². The van der Waals surface area contributed by atoms with Crippen molar-refractivity contribution in [2.45, 2.75) is 41.9 Å². The Morgan fingerprint density at radius 2 is 1.58 bits per heavy atom. The molecular formula is C26H35ClN12O3S. The van der Waals surface area contributed by atoms with E-state index in [1.54, 1.807) is 36.5 Å². The van der Waals surface area contributed by atoms with E-state index in [9.17, 15) is 13.5 Å². The van der Waals surface area contributed by atoms with E-state index in [2.05, 4.69) is 30.2 Å². The van der Waals surface area contributed by atoms with Gasteiger partial charge in [-0.15, -0.1) is 12.4 Å². The highest BCUT2D eigenvalue weighted by molar-refractivity contribution is 7.92. The lowest BCUT2D eigenvalue weighted by Gasteiger charge is -2.35. The van der Waals surface area contributed by atoms with E-state index in [1.807, 2.05) is 9.80 Å². The maximum atomic E-state index is 13.0. The van der Waals surface area contributed by atoms with Crippen LogP contribution >= 0.6 is 12.4 Å². The summed E-state index contributed by atoms with van der Waals surface area (Å²) in [6.07, 6.45) is 2.98. The highest BCUT2D eigenvalue weighted by Crippen LogP contribution is 2.27. The maximum Gasteiger partial charge on any atom is 0.261 e. The number of aliphatic hydroxyl groups is 1. The summed E-state index contributed by atoms with van der Waals surface area (Å²) in [6, 6.07) is 10.8. The van der Waals surface area contributed by atoms with E-state index in [-0.39, 0.29) is 54.0 Å². The number of aromatic nitrogens is 5. The number of hydrogen-bond donors (Lipinski definition) is 7. The summed E-state index contributed by atoms with van der Waals surface area (Å²) < 4.78 is 28.7. The number of benzene rings is 2. The fourth-order valence-electron chi connectivity index (χ4n) is 5.45. The molecule has 2 aromatic carbocycles. The summed E-state index contributed by atoms with van der Waals surface area (Å²) in [5.74, 6) is 1.03. The molecular weight excluding hydrogens is 596 g/mol. The van der Waals surface area contributed by atoms with Gasteiger partial charge in [0.1, 0.15) is 0 Å². The second-order valence-corrected chi connectivity index (χ2v) is 12.5. The summed E-state index contributed by atoms with van der Waals surface area (Å²) in [6.45, 7) is 1.47. The minimum absolute atomic E-state index is 0. The first-order valence-electron chi connectivity index (χ1n) is 13.6.